The second-order valence-electron chi connectivity index (χ2n) is 6.16. The molecule has 1 aromatic rings. The van der Waals surface area contributed by atoms with Crippen LogP contribution in [0.4, 0.5) is 0 Å². The Bertz CT molecular complexity index is 567. The largest absolute Gasteiger partial charge is 0.382 e. The predicted molar refractivity (Wildman–Crippen MR) is 122 cm³/mol. The van der Waals surface area contributed by atoms with Gasteiger partial charge in [0, 0.05) is 52.0 Å². The van der Waals surface area contributed by atoms with Crippen LogP contribution < -0.4 is 16.0 Å². The fourth-order valence-electron chi connectivity index (χ4n) is 2.25. The molecule has 0 radical (unpaired) electrons. The number of aliphatic imine (C=N–C) groups is 1. The Balaban J connectivity index is 0.00000676. The van der Waals surface area contributed by atoms with E-state index < -0.39 is 0 Å². The monoisotopic (exact) mass is 491 g/mol. The van der Waals surface area contributed by atoms with Gasteiger partial charge in [-0.05, 0) is 45.1 Å². The minimum Gasteiger partial charge on any atom is -0.382 e. The van der Waals surface area contributed by atoms with E-state index in [0.717, 1.165) is 44.2 Å². The molecule has 0 aliphatic heterocycles. The fourth-order valence-corrected chi connectivity index (χ4v) is 2.25. The number of likely N-dealkylation sites (N-methyl/N-ethyl adjacent to an activating group) is 1. The molecule has 1 rings (SSSR count). The molecule has 7 nitrogen and oxygen atoms in total. The second kappa shape index (κ2) is 15.6. The third-order valence-electron chi connectivity index (χ3n) is 3.68. The number of rotatable bonds is 11. The van der Waals surface area contributed by atoms with E-state index in [9.17, 15) is 4.79 Å². The number of amides is 1. The molecule has 0 unspecified atom stereocenters. The average molecular weight is 491 g/mol. The summed E-state index contributed by atoms with van der Waals surface area (Å²) in [7, 11) is 5.71. The lowest BCUT2D eigenvalue weighted by molar-refractivity contribution is 0.0951. The van der Waals surface area contributed by atoms with Crippen LogP contribution in [0.3, 0.4) is 0 Å². The molecule has 0 aromatic heterocycles. The molecule has 0 saturated carbocycles. The highest BCUT2D eigenvalue weighted by molar-refractivity contribution is 14.0. The number of carbonyl (C=O) groups excluding carboxylic acids is 1. The zero-order valence-electron chi connectivity index (χ0n) is 16.9. The predicted octanol–water partition coefficient (Wildman–Crippen LogP) is 1.69. The number of guanidine groups is 1. The number of benzene rings is 1. The highest BCUT2D eigenvalue weighted by Crippen LogP contribution is 2.05. The van der Waals surface area contributed by atoms with Crippen molar-refractivity contribution in [3.8, 4) is 0 Å². The van der Waals surface area contributed by atoms with Crippen molar-refractivity contribution in [2.24, 2.45) is 4.99 Å². The highest BCUT2D eigenvalue weighted by Gasteiger charge is 2.06. The van der Waals surface area contributed by atoms with E-state index in [1.165, 1.54) is 0 Å². The van der Waals surface area contributed by atoms with E-state index in [1.807, 2.05) is 50.2 Å². The first kappa shape index (κ1) is 25.6. The smallest absolute Gasteiger partial charge is 0.251 e. The molecule has 0 fully saturated rings. The summed E-state index contributed by atoms with van der Waals surface area (Å²) < 4.78 is 5.31. The Morgan fingerprint density at radius 2 is 1.96 bits per heavy atom. The van der Waals surface area contributed by atoms with Crippen molar-refractivity contribution in [1.82, 2.24) is 20.9 Å². The van der Waals surface area contributed by atoms with Crippen LogP contribution in [0.15, 0.2) is 29.3 Å². The molecular formula is C19H34IN5O2. The molecule has 0 heterocycles. The highest BCUT2D eigenvalue weighted by atomic mass is 127. The van der Waals surface area contributed by atoms with Crippen LogP contribution in [-0.2, 0) is 11.3 Å². The Morgan fingerprint density at radius 3 is 2.63 bits per heavy atom. The molecule has 0 aliphatic carbocycles. The van der Waals surface area contributed by atoms with E-state index in [2.05, 4.69) is 20.9 Å². The van der Waals surface area contributed by atoms with E-state index >= 15 is 0 Å². The van der Waals surface area contributed by atoms with Crippen molar-refractivity contribution < 1.29 is 9.53 Å². The van der Waals surface area contributed by atoms with Gasteiger partial charge in [0.05, 0.1) is 0 Å². The van der Waals surface area contributed by atoms with Gasteiger partial charge in [0.2, 0.25) is 0 Å². The van der Waals surface area contributed by atoms with Gasteiger partial charge in [-0.15, -0.1) is 24.0 Å². The molecule has 0 saturated heterocycles. The third-order valence-corrected chi connectivity index (χ3v) is 3.68. The number of carbonyl (C=O) groups is 1. The van der Waals surface area contributed by atoms with Gasteiger partial charge in [0.25, 0.3) is 5.91 Å². The zero-order valence-corrected chi connectivity index (χ0v) is 19.2. The Labute approximate surface area is 180 Å². The van der Waals surface area contributed by atoms with Crippen LogP contribution in [0, 0.1) is 0 Å². The van der Waals surface area contributed by atoms with E-state index in [0.29, 0.717) is 18.7 Å². The number of nitrogens with one attached hydrogen (secondary N) is 3. The fraction of sp³-hybridized carbons (Fsp3) is 0.579. The summed E-state index contributed by atoms with van der Waals surface area (Å²) in [6, 6.07) is 7.62. The molecule has 0 spiro atoms. The lowest BCUT2D eigenvalue weighted by Crippen LogP contribution is -2.37. The van der Waals surface area contributed by atoms with E-state index in [1.54, 1.807) is 7.05 Å². The van der Waals surface area contributed by atoms with Gasteiger partial charge in [0.15, 0.2) is 5.96 Å². The van der Waals surface area contributed by atoms with Gasteiger partial charge in [-0.1, -0.05) is 12.1 Å². The third kappa shape index (κ3) is 11.8. The minimum absolute atomic E-state index is 0. The van der Waals surface area contributed by atoms with Crippen molar-refractivity contribution in [3.63, 3.8) is 0 Å². The maximum atomic E-state index is 12.2. The molecule has 0 aliphatic rings. The van der Waals surface area contributed by atoms with Crippen molar-refractivity contribution in [3.05, 3.63) is 35.4 Å². The SMILES string of the molecule is CCOCCCNC(=NC)NCc1cccc(C(=O)NCCN(C)C)c1.I. The Hall–Kier alpha value is -1.39. The van der Waals surface area contributed by atoms with Gasteiger partial charge < -0.3 is 25.6 Å². The number of halogens is 1. The van der Waals surface area contributed by atoms with Crippen molar-refractivity contribution in [1.29, 1.82) is 0 Å². The zero-order chi connectivity index (χ0) is 19.2. The first-order chi connectivity index (χ1) is 12.6. The first-order valence-corrected chi connectivity index (χ1v) is 9.11. The average Bonchev–Trinajstić information content (AvgIpc) is 2.64. The topological polar surface area (TPSA) is 78.0 Å². The Morgan fingerprint density at radius 1 is 1.19 bits per heavy atom. The standard InChI is InChI=1S/C19H33N5O2.HI/c1-5-26-13-7-10-22-19(20-2)23-15-16-8-6-9-17(14-16)18(25)21-11-12-24(3)4;/h6,8-9,14H,5,7,10-13,15H2,1-4H3,(H,21,25)(H2,20,22,23);1H. The molecule has 0 bridgehead atoms. The van der Waals surface area contributed by atoms with Crippen LogP contribution in [-0.4, -0.2) is 70.8 Å². The number of hydrogen-bond donors (Lipinski definition) is 3. The van der Waals surface area contributed by atoms with Gasteiger partial charge in [0.1, 0.15) is 0 Å². The minimum atomic E-state index is -0.0490. The molecule has 27 heavy (non-hydrogen) atoms. The summed E-state index contributed by atoms with van der Waals surface area (Å²) in [6.45, 7) is 6.32. The summed E-state index contributed by atoms with van der Waals surface area (Å²) >= 11 is 0. The second-order valence-corrected chi connectivity index (χ2v) is 6.16. The summed E-state index contributed by atoms with van der Waals surface area (Å²) in [5.41, 5.74) is 1.70. The summed E-state index contributed by atoms with van der Waals surface area (Å²) in [4.78, 5) is 18.4. The van der Waals surface area contributed by atoms with Gasteiger partial charge >= 0.3 is 0 Å². The van der Waals surface area contributed by atoms with Crippen LogP contribution in [0.2, 0.25) is 0 Å². The van der Waals surface area contributed by atoms with Crippen LogP contribution in [0.25, 0.3) is 0 Å². The van der Waals surface area contributed by atoms with Crippen molar-refractivity contribution >= 4 is 35.8 Å². The summed E-state index contributed by atoms with van der Waals surface area (Å²) in [5.74, 6) is 0.689. The van der Waals surface area contributed by atoms with E-state index in [4.69, 9.17) is 4.74 Å². The molecule has 8 heteroatoms. The van der Waals surface area contributed by atoms with Gasteiger partial charge in [-0.25, -0.2) is 0 Å². The normalized spacial score (nSPS) is 11.1. The van der Waals surface area contributed by atoms with Gasteiger partial charge in [-0.3, -0.25) is 9.79 Å². The number of hydrogen-bond acceptors (Lipinski definition) is 4. The molecule has 1 amide bonds. The molecule has 1 aromatic carbocycles. The summed E-state index contributed by atoms with van der Waals surface area (Å²) in [6.07, 6.45) is 0.928. The molecule has 0 atom stereocenters. The molecular weight excluding hydrogens is 457 g/mol. The lowest BCUT2D eigenvalue weighted by Gasteiger charge is -2.13. The quantitative estimate of drug-likeness (QED) is 0.190. The summed E-state index contributed by atoms with van der Waals surface area (Å²) in [5, 5.41) is 9.44. The molecule has 154 valence electrons. The maximum Gasteiger partial charge on any atom is 0.251 e. The lowest BCUT2D eigenvalue weighted by atomic mass is 10.1. The van der Waals surface area contributed by atoms with Gasteiger partial charge in [-0.2, -0.15) is 0 Å². The van der Waals surface area contributed by atoms with Crippen LogP contribution in [0.5, 0.6) is 0 Å². The van der Waals surface area contributed by atoms with E-state index in [-0.39, 0.29) is 29.9 Å². The first-order valence-electron chi connectivity index (χ1n) is 9.11. The van der Waals surface area contributed by atoms with Crippen molar-refractivity contribution in [2.45, 2.75) is 19.9 Å². The maximum absolute atomic E-state index is 12.2. The number of nitrogens with zero attached hydrogens (tertiary/aromatic N) is 2. The Kier molecular flexibility index (Phi) is 14.8. The van der Waals surface area contributed by atoms with Crippen LogP contribution in [0.1, 0.15) is 29.3 Å². The van der Waals surface area contributed by atoms with Crippen molar-refractivity contribution in [2.75, 3.05) is 54.0 Å². The molecule has 3 N–H and O–H groups in total. The van der Waals surface area contributed by atoms with Crippen LogP contribution >= 0.6 is 24.0 Å². The number of ether oxygens (including phenoxy) is 1.